The largest absolute Gasteiger partial charge is 0.488 e. The molecule has 9 heteroatoms. The zero-order valence-electron chi connectivity index (χ0n) is 14.9. The van der Waals surface area contributed by atoms with Gasteiger partial charge in [0.15, 0.2) is 5.76 Å². The summed E-state index contributed by atoms with van der Waals surface area (Å²) >= 11 is 5.85. The van der Waals surface area contributed by atoms with Gasteiger partial charge < -0.3 is 14.2 Å². The lowest BCUT2D eigenvalue weighted by Crippen LogP contribution is -3.15. The summed E-state index contributed by atoms with van der Waals surface area (Å²) in [6.07, 6.45) is 0. The van der Waals surface area contributed by atoms with E-state index in [1.807, 2.05) is 12.1 Å². The maximum Gasteiger partial charge on any atom is 0.248 e. The Bertz CT molecular complexity index is 824. The summed E-state index contributed by atoms with van der Waals surface area (Å²) in [5, 5.41) is 4.44. The molecule has 2 aromatic rings. The Hall–Kier alpha value is -1.61. The van der Waals surface area contributed by atoms with Crippen molar-refractivity contribution in [2.75, 3.05) is 39.3 Å². The molecule has 1 aromatic carbocycles. The number of halogens is 1. The molecule has 0 radical (unpaired) electrons. The van der Waals surface area contributed by atoms with Crippen molar-refractivity contribution in [3.63, 3.8) is 0 Å². The van der Waals surface area contributed by atoms with E-state index in [0.717, 1.165) is 25.4 Å². The lowest BCUT2D eigenvalue weighted by Gasteiger charge is -2.31. The van der Waals surface area contributed by atoms with Gasteiger partial charge in [-0.15, -0.1) is 0 Å². The molecule has 0 amide bonds. The lowest BCUT2D eigenvalue weighted by atomic mass is 10.3. The van der Waals surface area contributed by atoms with Gasteiger partial charge in [-0.2, -0.15) is 4.31 Å². The highest BCUT2D eigenvalue weighted by Crippen LogP contribution is 2.23. The molecular formula is C17H23ClN3O4S+. The van der Waals surface area contributed by atoms with E-state index in [1.54, 1.807) is 26.0 Å². The highest BCUT2D eigenvalue weighted by Gasteiger charge is 2.34. The summed E-state index contributed by atoms with van der Waals surface area (Å²) in [5.41, 5.74) is 0.411. The second-order valence-electron chi connectivity index (χ2n) is 6.36. The minimum atomic E-state index is -3.55. The summed E-state index contributed by atoms with van der Waals surface area (Å²) in [7, 11) is -3.55. The number of rotatable bonds is 6. The number of hydrogen-bond donors (Lipinski definition) is 1. The fraction of sp³-hybridized carbons (Fsp3) is 0.471. The number of aryl methyl sites for hydroxylation is 2. The van der Waals surface area contributed by atoms with Crippen LogP contribution in [0, 0.1) is 13.8 Å². The molecule has 2 heterocycles. The Labute approximate surface area is 158 Å². The van der Waals surface area contributed by atoms with Crippen molar-refractivity contribution >= 4 is 21.6 Å². The van der Waals surface area contributed by atoms with Crippen LogP contribution >= 0.6 is 11.6 Å². The minimum absolute atomic E-state index is 0.201. The molecule has 3 rings (SSSR count). The first-order valence-electron chi connectivity index (χ1n) is 8.53. The van der Waals surface area contributed by atoms with Crippen molar-refractivity contribution in [3.8, 4) is 5.75 Å². The SMILES string of the molecule is Cc1noc(C)c1S(=O)(=O)N1CC[NH+](CCOc2ccc(Cl)cc2)CC1. The van der Waals surface area contributed by atoms with Gasteiger partial charge >= 0.3 is 0 Å². The van der Waals surface area contributed by atoms with Crippen LogP contribution in [0.3, 0.4) is 0 Å². The van der Waals surface area contributed by atoms with Crippen molar-refractivity contribution in [1.29, 1.82) is 0 Å². The molecule has 1 fully saturated rings. The molecule has 1 N–H and O–H groups in total. The molecular weight excluding hydrogens is 378 g/mol. The van der Waals surface area contributed by atoms with Crippen molar-refractivity contribution in [3.05, 3.63) is 40.7 Å². The fourth-order valence-electron chi connectivity index (χ4n) is 3.11. The molecule has 0 bridgehead atoms. The second-order valence-corrected chi connectivity index (χ2v) is 8.67. The van der Waals surface area contributed by atoms with Gasteiger partial charge in [0.25, 0.3) is 0 Å². The predicted molar refractivity (Wildman–Crippen MR) is 97.2 cm³/mol. The maximum absolute atomic E-state index is 12.8. The normalized spacial score (nSPS) is 16.7. The first kappa shape index (κ1) is 19.2. The first-order valence-corrected chi connectivity index (χ1v) is 10.3. The van der Waals surface area contributed by atoms with Crippen LogP contribution in [0.2, 0.25) is 5.02 Å². The zero-order chi connectivity index (χ0) is 18.7. The van der Waals surface area contributed by atoms with E-state index in [0.29, 0.717) is 36.2 Å². The number of aromatic nitrogens is 1. The van der Waals surface area contributed by atoms with Crippen LogP contribution in [0.25, 0.3) is 0 Å². The third-order valence-corrected chi connectivity index (χ3v) is 6.93. The number of ether oxygens (including phenoxy) is 1. The van der Waals surface area contributed by atoms with Crippen molar-refractivity contribution < 1.29 is 22.6 Å². The Morgan fingerprint density at radius 2 is 1.88 bits per heavy atom. The molecule has 7 nitrogen and oxygen atoms in total. The Kier molecular flexibility index (Phi) is 5.86. The van der Waals surface area contributed by atoms with E-state index in [4.69, 9.17) is 20.9 Å². The quantitative estimate of drug-likeness (QED) is 0.780. The summed E-state index contributed by atoms with van der Waals surface area (Å²) in [4.78, 5) is 1.52. The predicted octanol–water partition coefficient (Wildman–Crippen LogP) is 0.913. The molecule has 1 aromatic heterocycles. The molecule has 1 aliphatic heterocycles. The average Bonchev–Trinajstić information content (AvgIpc) is 2.96. The van der Waals surface area contributed by atoms with Gasteiger partial charge in [-0.05, 0) is 38.1 Å². The number of hydrogen-bond acceptors (Lipinski definition) is 5. The van der Waals surface area contributed by atoms with Gasteiger partial charge in [-0.25, -0.2) is 8.42 Å². The van der Waals surface area contributed by atoms with Crippen LogP contribution in [0.5, 0.6) is 5.75 Å². The summed E-state index contributed by atoms with van der Waals surface area (Å²) in [6, 6.07) is 7.27. The monoisotopic (exact) mass is 400 g/mol. The second kappa shape index (κ2) is 7.96. The van der Waals surface area contributed by atoms with Crippen LogP contribution in [0.1, 0.15) is 11.5 Å². The molecule has 142 valence electrons. The molecule has 0 aliphatic carbocycles. The molecule has 1 saturated heterocycles. The molecule has 26 heavy (non-hydrogen) atoms. The first-order chi connectivity index (χ1) is 12.4. The molecule has 0 spiro atoms. The topological polar surface area (TPSA) is 77.1 Å². The maximum atomic E-state index is 12.8. The van der Waals surface area contributed by atoms with Crippen LogP contribution in [-0.2, 0) is 10.0 Å². The number of quaternary nitrogens is 1. The van der Waals surface area contributed by atoms with Gasteiger partial charge in [0, 0.05) is 5.02 Å². The number of piperazine rings is 1. The zero-order valence-corrected chi connectivity index (χ0v) is 16.4. The number of nitrogens with one attached hydrogen (secondary N) is 1. The highest BCUT2D eigenvalue weighted by molar-refractivity contribution is 7.89. The molecule has 0 saturated carbocycles. The standard InChI is InChI=1S/C17H22ClN3O4S/c1-13-17(14(2)25-19-13)26(22,23)21-9-7-20(8-10-21)11-12-24-16-5-3-15(18)4-6-16/h3-6H,7-12H2,1-2H3/p+1. The van der Waals surface area contributed by atoms with Gasteiger partial charge in [0.1, 0.15) is 29.5 Å². The summed E-state index contributed by atoms with van der Waals surface area (Å²) in [6.45, 7) is 7.11. The molecule has 1 aliphatic rings. The van der Waals surface area contributed by atoms with E-state index >= 15 is 0 Å². The molecule has 0 atom stereocenters. The molecule has 0 unspecified atom stereocenters. The average molecular weight is 401 g/mol. The van der Waals surface area contributed by atoms with Crippen LogP contribution in [-0.4, -0.2) is 57.2 Å². The van der Waals surface area contributed by atoms with E-state index in [-0.39, 0.29) is 4.90 Å². The van der Waals surface area contributed by atoms with Crippen LogP contribution in [0.15, 0.2) is 33.7 Å². The van der Waals surface area contributed by atoms with E-state index in [9.17, 15) is 8.42 Å². The van der Waals surface area contributed by atoms with E-state index in [1.165, 1.54) is 9.21 Å². The fourth-order valence-corrected chi connectivity index (χ4v) is 4.97. The van der Waals surface area contributed by atoms with Gasteiger partial charge in [0.2, 0.25) is 10.0 Å². The van der Waals surface area contributed by atoms with Crippen LogP contribution in [0.4, 0.5) is 0 Å². The Morgan fingerprint density at radius 1 is 1.23 bits per heavy atom. The summed E-state index contributed by atoms with van der Waals surface area (Å²) in [5.74, 6) is 1.13. The van der Waals surface area contributed by atoms with Crippen molar-refractivity contribution in [2.24, 2.45) is 0 Å². The van der Waals surface area contributed by atoms with Crippen LogP contribution < -0.4 is 9.64 Å². The van der Waals surface area contributed by atoms with E-state index in [2.05, 4.69) is 5.16 Å². The highest BCUT2D eigenvalue weighted by atomic mass is 35.5. The summed E-state index contributed by atoms with van der Waals surface area (Å²) < 4.78 is 37.9. The van der Waals surface area contributed by atoms with Gasteiger partial charge in [0.05, 0.1) is 26.2 Å². The number of benzene rings is 1. The number of sulfonamides is 1. The third-order valence-electron chi connectivity index (χ3n) is 4.53. The number of nitrogens with zero attached hydrogens (tertiary/aromatic N) is 2. The lowest BCUT2D eigenvalue weighted by molar-refractivity contribution is -0.903. The van der Waals surface area contributed by atoms with Crippen molar-refractivity contribution in [2.45, 2.75) is 18.7 Å². The van der Waals surface area contributed by atoms with Gasteiger partial charge in [-0.3, -0.25) is 0 Å². The van der Waals surface area contributed by atoms with Crippen molar-refractivity contribution in [1.82, 2.24) is 9.46 Å². The Morgan fingerprint density at radius 3 is 2.46 bits per heavy atom. The van der Waals surface area contributed by atoms with Gasteiger partial charge in [-0.1, -0.05) is 16.8 Å². The Balaban J connectivity index is 1.50. The smallest absolute Gasteiger partial charge is 0.248 e. The van der Waals surface area contributed by atoms with E-state index < -0.39 is 10.0 Å². The third kappa shape index (κ3) is 4.20. The minimum Gasteiger partial charge on any atom is -0.488 e.